The van der Waals surface area contributed by atoms with E-state index in [0.29, 0.717) is 0 Å². The Morgan fingerprint density at radius 2 is 1.94 bits per heavy atom. The first kappa shape index (κ1) is 14.0. The zero-order valence-corrected chi connectivity index (χ0v) is 11.5. The predicted octanol–water partition coefficient (Wildman–Crippen LogP) is 3.32. The minimum Gasteiger partial charge on any atom is -0.492 e. The van der Waals surface area contributed by atoms with Gasteiger partial charge in [0, 0.05) is 6.54 Å². The Bertz CT molecular complexity index is 334. The molecule has 0 radical (unpaired) electrons. The zero-order valence-electron chi connectivity index (χ0n) is 11.5. The normalized spacial score (nSPS) is 10.9. The van der Waals surface area contributed by atoms with E-state index >= 15 is 0 Å². The van der Waals surface area contributed by atoms with Gasteiger partial charge in [0.25, 0.3) is 0 Å². The monoisotopic (exact) mass is 235 g/mol. The molecule has 0 saturated heterocycles. The molecule has 0 fully saturated rings. The lowest BCUT2D eigenvalue weighted by Gasteiger charge is -2.11. The number of benzene rings is 1. The van der Waals surface area contributed by atoms with E-state index in [0.717, 1.165) is 31.4 Å². The minimum absolute atomic E-state index is 0.738. The summed E-state index contributed by atoms with van der Waals surface area (Å²) < 4.78 is 5.76. The van der Waals surface area contributed by atoms with E-state index in [9.17, 15) is 0 Å². The molecule has 0 heterocycles. The fourth-order valence-electron chi connectivity index (χ4n) is 1.63. The lowest BCUT2D eigenvalue weighted by molar-refractivity contribution is 0.310. The van der Waals surface area contributed by atoms with Gasteiger partial charge in [-0.1, -0.05) is 26.0 Å². The molecule has 2 heteroatoms. The highest BCUT2D eigenvalue weighted by Gasteiger charge is 2.00. The van der Waals surface area contributed by atoms with E-state index in [-0.39, 0.29) is 0 Å². The van der Waals surface area contributed by atoms with Crippen molar-refractivity contribution < 1.29 is 4.74 Å². The highest BCUT2D eigenvalue weighted by atomic mass is 16.5. The van der Waals surface area contributed by atoms with Gasteiger partial charge in [0.2, 0.25) is 0 Å². The van der Waals surface area contributed by atoms with Gasteiger partial charge in [0.1, 0.15) is 12.4 Å². The molecular weight excluding hydrogens is 210 g/mol. The van der Waals surface area contributed by atoms with Gasteiger partial charge in [-0.05, 0) is 49.9 Å². The van der Waals surface area contributed by atoms with Gasteiger partial charge in [0.05, 0.1) is 0 Å². The first-order chi connectivity index (χ1) is 8.11. The van der Waals surface area contributed by atoms with Gasteiger partial charge in [-0.3, -0.25) is 0 Å². The molecular formula is C15H25NO. The highest BCUT2D eigenvalue weighted by Crippen LogP contribution is 2.20. The topological polar surface area (TPSA) is 21.3 Å². The molecule has 0 unspecified atom stereocenters. The fraction of sp³-hybridized carbons (Fsp3) is 0.600. The van der Waals surface area contributed by atoms with Crippen LogP contribution in [0.15, 0.2) is 18.2 Å². The maximum atomic E-state index is 5.76. The van der Waals surface area contributed by atoms with Crippen molar-refractivity contribution in [2.24, 2.45) is 5.92 Å². The number of hydrogen-bond acceptors (Lipinski definition) is 2. The first-order valence-electron chi connectivity index (χ1n) is 6.51. The Morgan fingerprint density at radius 3 is 2.65 bits per heavy atom. The van der Waals surface area contributed by atoms with Crippen LogP contribution in [-0.2, 0) is 0 Å². The summed E-state index contributed by atoms with van der Waals surface area (Å²) in [7, 11) is 0. The van der Waals surface area contributed by atoms with Gasteiger partial charge in [-0.25, -0.2) is 0 Å². The molecule has 0 amide bonds. The fourth-order valence-corrected chi connectivity index (χ4v) is 1.63. The summed E-state index contributed by atoms with van der Waals surface area (Å²) in [6.45, 7) is 11.4. The first-order valence-corrected chi connectivity index (χ1v) is 6.51. The Labute approximate surface area is 105 Å². The molecule has 0 atom stereocenters. The van der Waals surface area contributed by atoms with Crippen LogP contribution in [0.4, 0.5) is 0 Å². The number of rotatable bonds is 7. The molecule has 0 saturated carbocycles. The van der Waals surface area contributed by atoms with Crippen molar-refractivity contribution in [1.82, 2.24) is 5.32 Å². The molecule has 0 spiro atoms. The van der Waals surface area contributed by atoms with Crippen LogP contribution in [0.3, 0.4) is 0 Å². The molecule has 0 aliphatic carbocycles. The summed E-state index contributed by atoms with van der Waals surface area (Å²) in [5, 5.41) is 3.40. The van der Waals surface area contributed by atoms with Crippen molar-refractivity contribution in [2.45, 2.75) is 34.1 Å². The highest BCUT2D eigenvalue weighted by molar-refractivity contribution is 5.38. The van der Waals surface area contributed by atoms with E-state index in [4.69, 9.17) is 4.74 Å². The maximum absolute atomic E-state index is 5.76. The van der Waals surface area contributed by atoms with Crippen LogP contribution in [0.2, 0.25) is 0 Å². The Kier molecular flexibility index (Phi) is 6.06. The number of aryl methyl sites for hydroxylation is 1. The van der Waals surface area contributed by atoms with Crippen LogP contribution in [0.25, 0.3) is 0 Å². The predicted molar refractivity (Wildman–Crippen MR) is 73.7 cm³/mol. The molecule has 1 aromatic rings. The SMILES string of the molecule is Cc1cccc(OCCNCCC(C)C)c1C. The molecule has 1 rings (SSSR count). The third kappa shape index (κ3) is 5.22. The van der Waals surface area contributed by atoms with Gasteiger partial charge in [-0.2, -0.15) is 0 Å². The summed E-state index contributed by atoms with van der Waals surface area (Å²) in [6, 6.07) is 6.20. The van der Waals surface area contributed by atoms with Gasteiger partial charge >= 0.3 is 0 Å². The third-order valence-corrected chi connectivity index (χ3v) is 2.99. The van der Waals surface area contributed by atoms with E-state index < -0.39 is 0 Å². The van der Waals surface area contributed by atoms with Crippen LogP contribution in [0, 0.1) is 19.8 Å². The number of ether oxygens (including phenoxy) is 1. The maximum Gasteiger partial charge on any atom is 0.122 e. The summed E-state index contributed by atoms with van der Waals surface area (Å²) in [4.78, 5) is 0. The van der Waals surface area contributed by atoms with Crippen molar-refractivity contribution in [3.8, 4) is 5.75 Å². The van der Waals surface area contributed by atoms with Gasteiger partial charge in [0.15, 0.2) is 0 Å². The van der Waals surface area contributed by atoms with Gasteiger partial charge in [-0.15, -0.1) is 0 Å². The standard InChI is InChI=1S/C15H25NO/c1-12(2)8-9-16-10-11-17-15-7-5-6-13(3)14(15)4/h5-7,12,16H,8-11H2,1-4H3. The molecule has 17 heavy (non-hydrogen) atoms. The molecule has 1 N–H and O–H groups in total. The quantitative estimate of drug-likeness (QED) is 0.732. The van der Waals surface area contributed by atoms with Crippen molar-refractivity contribution in [1.29, 1.82) is 0 Å². The molecule has 1 aromatic carbocycles. The molecule has 0 aromatic heterocycles. The van der Waals surface area contributed by atoms with Crippen LogP contribution in [0.5, 0.6) is 5.75 Å². The van der Waals surface area contributed by atoms with Crippen molar-refractivity contribution in [3.63, 3.8) is 0 Å². The number of nitrogens with one attached hydrogen (secondary N) is 1. The van der Waals surface area contributed by atoms with Crippen LogP contribution in [0.1, 0.15) is 31.4 Å². The van der Waals surface area contributed by atoms with E-state index in [2.05, 4.69) is 39.1 Å². The molecule has 0 aliphatic heterocycles. The van der Waals surface area contributed by atoms with Crippen molar-refractivity contribution in [2.75, 3.05) is 19.7 Å². The van der Waals surface area contributed by atoms with E-state index in [1.54, 1.807) is 0 Å². The second kappa shape index (κ2) is 7.33. The summed E-state index contributed by atoms with van der Waals surface area (Å²) >= 11 is 0. The van der Waals surface area contributed by atoms with Crippen molar-refractivity contribution >= 4 is 0 Å². The lowest BCUT2D eigenvalue weighted by Crippen LogP contribution is -2.23. The second-order valence-electron chi connectivity index (χ2n) is 4.98. The van der Waals surface area contributed by atoms with Crippen molar-refractivity contribution in [3.05, 3.63) is 29.3 Å². The Balaban J connectivity index is 2.20. The molecule has 2 nitrogen and oxygen atoms in total. The van der Waals surface area contributed by atoms with E-state index in [1.807, 2.05) is 12.1 Å². The van der Waals surface area contributed by atoms with Crippen LogP contribution in [-0.4, -0.2) is 19.7 Å². The smallest absolute Gasteiger partial charge is 0.122 e. The summed E-state index contributed by atoms with van der Waals surface area (Å²) in [6.07, 6.45) is 1.23. The number of hydrogen-bond donors (Lipinski definition) is 1. The third-order valence-electron chi connectivity index (χ3n) is 2.99. The average Bonchev–Trinajstić information content (AvgIpc) is 2.28. The van der Waals surface area contributed by atoms with Crippen LogP contribution >= 0.6 is 0 Å². The zero-order chi connectivity index (χ0) is 12.7. The Hall–Kier alpha value is -1.02. The van der Waals surface area contributed by atoms with Crippen LogP contribution < -0.4 is 10.1 Å². The van der Waals surface area contributed by atoms with E-state index in [1.165, 1.54) is 17.5 Å². The molecule has 0 bridgehead atoms. The molecule has 0 aliphatic rings. The summed E-state index contributed by atoms with van der Waals surface area (Å²) in [5.74, 6) is 1.78. The second-order valence-corrected chi connectivity index (χ2v) is 4.98. The minimum atomic E-state index is 0.738. The Morgan fingerprint density at radius 1 is 1.18 bits per heavy atom. The largest absolute Gasteiger partial charge is 0.492 e. The molecule has 96 valence electrons. The lowest BCUT2D eigenvalue weighted by atomic mass is 10.1. The average molecular weight is 235 g/mol. The summed E-state index contributed by atoms with van der Waals surface area (Å²) in [5.41, 5.74) is 2.53. The van der Waals surface area contributed by atoms with Gasteiger partial charge < -0.3 is 10.1 Å².